The SMILES string of the molecule is CC(C#N)S(=O)(=O)Nc1ccc(F)c(Br)c1. The summed E-state index contributed by atoms with van der Waals surface area (Å²) in [6.45, 7) is 1.26. The van der Waals surface area contributed by atoms with Crippen molar-refractivity contribution in [3.05, 3.63) is 28.5 Å². The summed E-state index contributed by atoms with van der Waals surface area (Å²) >= 11 is 2.93. The molecule has 0 aromatic heterocycles. The number of hydrogen-bond donors (Lipinski definition) is 1. The van der Waals surface area contributed by atoms with Crippen molar-refractivity contribution in [3.8, 4) is 6.07 Å². The molecule has 0 amide bonds. The van der Waals surface area contributed by atoms with E-state index in [1.165, 1.54) is 19.1 Å². The van der Waals surface area contributed by atoms with Crippen LogP contribution in [0.1, 0.15) is 6.92 Å². The van der Waals surface area contributed by atoms with Gasteiger partial charge in [-0.25, -0.2) is 12.8 Å². The van der Waals surface area contributed by atoms with E-state index < -0.39 is 21.1 Å². The highest BCUT2D eigenvalue weighted by Crippen LogP contribution is 2.21. The maximum atomic E-state index is 12.9. The quantitative estimate of drug-likeness (QED) is 0.931. The Kier molecular flexibility index (Phi) is 3.88. The highest BCUT2D eigenvalue weighted by Gasteiger charge is 2.20. The van der Waals surface area contributed by atoms with Crippen molar-refractivity contribution in [2.75, 3.05) is 4.72 Å². The largest absolute Gasteiger partial charge is 0.282 e. The number of hydrogen-bond acceptors (Lipinski definition) is 3. The van der Waals surface area contributed by atoms with Crippen LogP contribution in [0.4, 0.5) is 10.1 Å². The van der Waals surface area contributed by atoms with Gasteiger partial charge in [-0.1, -0.05) is 0 Å². The Bertz CT molecular complexity index is 539. The van der Waals surface area contributed by atoms with E-state index in [1.807, 2.05) is 0 Å². The fourth-order valence-electron chi connectivity index (χ4n) is 0.882. The second-order valence-corrected chi connectivity index (χ2v) is 5.90. The van der Waals surface area contributed by atoms with Crippen molar-refractivity contribution < 1.29 is 12.8 Å². The molecule has 1 N–H and O–H groups in total. The maximum absolute atomic E-state index is 12.9. The van der Waals surface area contributed by atoms with Gasteiger partial charge in [0.05, 0.1) is 10.5 Å². The van der Waals surface area contributed by atoms with Crippen LogP contribution < -0.4 is 4.72 Å². The molecule has 0 bridgehead atoms. The average molecular weight is 307 g/mol. The van der Waals surface area contributed by atoms with Gasteiger partial charge in [0, 0.05) is 5.69 Å². The number of nitrogens with one attached hydrogen (secondary N) is 1. The Labute approximate surface area is 101 Å². The van der Waals surface area contributed by atoms with Crippen molar-refractivity contribution >= 4 is 31.6 Å². The molecule has 0 heterocycles. The lowest BCUT2D eigenvalue weighted by atomic mass is 10.3. The summed E-state index contributed by atoms with van der Waals surface area (Å²) in [6, 6.07) is 5.31. The Balaban J connectivity index is 2.98. The van der Waals surface area contributed by atoms with Crippen LogP contribution in [0, 0.1) is 17.1 Å². The summed E-state index contributed by atoms with van der Waals surface area (Å²) in [5, 5.41) is 7.34. The fraction of sp³-hybridized carbons (Fsp3) is 0.222. The predicted octanol–water partition coefficient (Wildman–Crippen LogP) is 2.24. The number of benzene rings is 1. The summed E-state index contributed by atoms with van der Waals surface area (Å²) in [7, 11) is -3.75. The van der Waals surface area contributed by atoms with Crippen LogP contribution >= 0.6 is 15.9 Å². The number of nitriles is 1. The molecular formula is C9H8BrFN2O2S. The van der Waals surface area contributed by atoms with Crippen molar-refractivity contribution in [1.29, 1.82) is 5.26 Å². The summed E-state index contributed by atoms with van der Waals surface area (Å²) in [5.41, 5.74) is 0.204. The number of anilines is 1. The molecule has 1 unspecified atom stereocenters. The molecule has 1 aromatic carbocycles. The standard InChI is InChI=1S/C9H8BrFN2O2S/c1-6(5-12)16(14,15)13-7-2-3-9(11)8(10)4-7/h2-4,6,13H,1H3. The van der Waals surface area contributed by atoms with Crippen molar-refractivity contribution in [2.45, 2.75) is 12.2 Å². The first-order valence-electron chi connectivity index (χ1n) is 4.23. The number of sulfonamides is 1. The van der Waals surface area contributed by atoms with E-state index in [-0.39, 0.29) is 10.2 Å². The number of rotatable bonds is 3. The molecular weight excluding hydrogens is 299 g/mol. The van der Waals surface area contributed by atoms with Crippen molar-refractivity contribution in [2.24, 2.45) is 0 Å². The Morgan fingerprint density at radius 3 is 2.69 bits per heavy atom. The third-order valence-electron chi connectivity index (χ3n) is 1.83. The lowest BCUT2D eigenvalue weighted by Gasteiger charge is -2.09. The lowest BCUT2D eigenvalue weighted by molar-refractivity contribution is 0.597. The van der Waals surface area contributed by atoms with Crippen LogP contribution in [-0.4, -0.2) is 13.7 Å². The van der Waals surface area contributed by atoms with Gasteiger partial charge in [0.25, 0.3) is 0 Å². The van der Waals surface area contributed by atoms with Gasteiger partial charge in [0.1, 0.15) is 5.82 Å². The molecule has 0 saturated heterocycles. The smallest absolute Gasteiger partial charge is 0.248 e. The Morgan fingerprint density at radius 2 is 2.19 bits per heavy atom. The summed E-state index contributed by atoms with van der Waals surface area (Å²) in [5.74, 6) is -0.490. The monoisotopic (exact) mass is 306 g/mol. The molecule has 7 heteroatoms. The molecule has 0 aliphatic heterocycles. The van der Waals surface area contributed by atoms with Crippen LogP contribution in [0.25, 0.3) is 0 Å². The zero-order valence-corrected chi connectivity index (χ0v) is 10.6. The predicted molar refractivity (Wildman–Crippen MR) is 61.7 cm³/mol. The lowest BCUT2D eigenvalue weighted by Crippen LogP contribution is -2.23. The van der Waals surface area contributed by atoms with Crippen LogP contribution in [0.3, 0.4) is 0 Å². The van der Waals surface area contributed by atoms with Gasteiger partial charge in [-0.2, -0.15) is 5.26 Å². The van der Waals surface area contributed by atoms with Gasteiger partial charge in [-0.15, -0.1) is 0 Å². The van der Waals surface area contributed by atoms with E-state index in [9.17, 15) is 12.8 Å². The molecule has 1 atom stereocenters. The van der Waals surface area contributed by atoms with E-state index >= 15 is 0 Å². The molecule has 0 aliphatic carbocycles. The highest BCUT2D eigenvalue weighted by molar-refractivity contribution is 9.10. The van der Waals surface area contributed by atoms with Gasteiger partial charge in [0.2, 0.25) is 10.0 Å². The van der Waals surface area contributed by atoms with E-state index in [1.54, 1.807) is 6.07 Å². The fourth-order valence-corrected chi connectivity index (χ4v) is 2.03. The molecule has 0 spiro atoms. The molecule has 0 fully saturated rings. The second kappa shape index (κ2) is 4.80. The molecule has 0 saturated carbocycles. The van der Waals surface area contributed by atoms with Crippen LogP contribution in [-0.2, 0) is 10.0 Å². The first-order chi connectivity index (χ1) is 7.36. The first-order valence-corrected chi connectivity index (χ1v) is 6.57. The van der Waals surface area contributed by atoms with Crippen LogP contribution in [0.5, 0.6) is 0 Å². The molecule has 0 radical (unpaired) electrons. The minimum atomic E-state index is -3.75. The zero-order chi connectivity index (χ0) is 12.3. The number of nitrogens with zero attached hydrogens (tertiary/aromatic N) is 1. The third kappa shape index (κ3) is 2.93. The normalized spacial score (nSPS) is 12.9. The second-order valence-electron chi connectivity index (χ2n) is 3.05. The minimum Gasteiger partial charge on any atom is -0.282 e. The van der Waals surface area contributed by atoms with E-state index in [4.69, 9.17) is 5.26 Å². The van der Waals surface area contributed by atoms with E-state index in [2.05, 4.69) is 20.7 Å². The van der Waals surface area contributed by atoms with Crippen molar-refractivity contribution in [1.82, 2.24) is 0 Å². The summed E-state index contributed by atoms with van der Waals surface area (Å²) < 4.78 is 38.2. The average Bonchev–Trinajstić information content (AvgIpc) is 2.22. The van der Waals surface area contributed by atoms with Gasteiger partial charge < -0.3 is 0 Å². The molecule has 86 valence electrons. The van der Waals surface area contributed by atoms with Crippen molar-refractivity contribution in [3.63, 3.8) is 0 Å². The van der Waals surface area contributed by atoms with Gasteiger partial charge in [0.15, 0.2) is 5.25 Å². The highest BCUT2D eigenvalue weighted by atomic mass is 79.9. The Morgan fingerprint density at radius 1 is 1.56 bits per heavy atom. The van der Waals surface area contributed by atoms with E-state index in [0.29, 0.717) is 0 Å². The molecule has 16 heavy (non-hydrogen) atoms. The van der Waals surface area contributed by atoms with Crippen LogP contribution in [0.2, 0.25) is 0 Å². The van der Waals surface area contributed by atoms with Gasteiger partial charge >= 0.3 is 0 Å². The maximum Gasteiger partial charge on any atom is 0.248 e. The van der Waals surface area contributed by atoms with Gasteiger partial charge in [-0.05, 0) is 41.1 Å². The Hall–Kier alpha value is -1.13. The molecule has 1 rings (SSSR count). The zero-order valence-electron chi connectivity index (χ0n) is 8.24. The summed E-state index contributed by atoms with van der Waals surface area (Å²) in [4.78, 5) is 0. The third-order valence-corrected chi connectivity index (χ3v) is 3.99. The summed E-state index contributed by atoms with van der Waals surface area (Å²) in [6.07, 6.45) is 0. The molecule has 0 aliphatic rings. The first kappa shape index (κ1) is 12.9. The molecule has 1 aromatic rings. The topological polar surface area (TPSA) is 70.0 Å². The van der Waals surface area contributed by atoms with E-state index in [0.717, 1.165) is 6.07 Å². The van der Waals surface area contributed by atoms with Crippen LogP contribution in [0.15, 0.2) is 22.7 Å². The number of halogens is 2. The minimum absolute atomic E-state index is 0.150. The molecule has 4 nitrogen and oxygen atoms in total. The van der Waals surface area contributed by atoms with Gasteiger partial charge in [-0.3, -0.25) is 4.72 Å².